The Bertz CT molecular complexity index is 942. The average Bonchev–Trinajstić information content (AvgIpc) is 3.14. The van der Waals surface area contributed by atoms with Crippen molar-refractivity contribution in [1.29, 1.82) is 0 Å². The first kappa shape index (κ1) is 24.6. The zero-order chi connectivity index (χ0) is 23.6. The lowest BCUT2D eigenvalue weighted by molar-refractivity contribution is -0.384. The van der Waals surface area contributed by atoms with Gasteiger partial charge in [-0.25, -0.2) is 0 Å². The van der Waals surface area contributed by atoms with Gasteiger partial charge in [0.05, 0.1) is 24.7 Å². The van der Waals surface area contributed by atoms with Gasteiger partial charge in [-0.2, -0.15) is 0 Å². The van der Waals surface area contributed by atoms with Crippen LogP contribution in [-0.4, -0.2) is 35.5 Å². The molecule has 0 atom stereocenters. The summed E-state index contributed by atoms with van der Waals surface area (Å²) in [7, 11) is 0. The summed E-state index contributed by atoms with van der Waals surface area (Å²) in [5.41, 5.74) is 2.60. The van der Waals surface area contributed by atoms with Crippen LogP contribution < -0.4 is 9.47 Å². The van der Waals surface area contributed by atoms with Crippen molar-refractivity contribution < 1.29 is 19.2 Å². The highest BCUT2D eigenvalue weighted by molar-refractivity contribution is 5.99. The van der Waals surface area contributed by atoms with E-state index >= 15 is 0 Å². The molecule has 1 aliphatic heterocycles. The van der Waals surface area contributed by atoms with Crippen molar-refractivity contribution in [3.05, 3.63) is 63.2 Å². The van der Waals surface area contributed by atoms with Crippen molar-refractivity contribution in [3.63, 3.8) is 0 Å². The van der Waals surface area contributed by atoms with Gasteiger partial charge in [-0.1, -0.05) is 51.7 Å². The molecular formula is C26H34N2O5. The van der Waals surface area contributed by atoms with Gasteiger partial charge in [0.25, 0.3) is 11.6 Å². The van der Waals surface area contributed by atoms with Gasteiger partial charge in [-0.05, 0) is 37.0 Å². The Kier molecular flexibility index (Phi) is 9.10. The molecule has 3 rings (SSSR count). The second-order valence-electron chi connectivity index (χ2n) is 8.43. The molecule has 0 aromatic heterocycles. The first-order chi connectivity index (χ1) is 16.0. The number of ether oxygens (including phenoxy) is 2. The number of unbranched alkanes of at least 4 members (excludes halogenated alkanes) is 4. The number of hydrogen-bond acceptors (Lipinski definition) is 5. The summed E-state index contributed by atoms with van der Waals surface area (Å²) in [5, 5.41) is 10.8. The summed E-state index contributed by atoms with van der Waals surface area (Å²) >= 11 is 0. The molecular weight excluding hydrogens is 420 g/mol. The van der Waals surface area contributed by atoms with Crippen LogP contribution in [0.15, 0.2) is 36.4 Å². The summed E-state index contributed by atoms with van der Waals surface area (Å²) in [6.45, 7) is 6.57. The van der Waals surface area contributed by atoms with Crippen LogP contribution >= 0.6 is 0 Å². The summed E-state index contributed by atoms with van der Waals surface area (Å²) < 4.78 is 12.2. The molecule has 1 heterocycles. The number of benzene rings is 2. The van der Waals surface area contributed by atoms with E-state index in [1.165, 1.54) is 12.1 Å². The fourth-order valence-corrected chi connectivity index (χ4v) is 3.96. The zero-order valence-corrected chi connectivity index (χ0v) is 19.7. The number of carbonyl (C=O) groups is 1. The van der Waals surface area contributed by atoms with Crippen LogP contribution in [0.25, 0.3) is 0 Å². The zero-order valence-electron chi connectivity index (χ0n) is 19.7. The minimum Gasteiger partial charge on any atom is -0.490 e. The number of nitro groups is 1. The van der Waals surface area contributed by atoms with Crippen LogP contribution in [0.1, 0.15) is 73.9 Å². The lowest BCUT2D eigenvalue weighted by atomic mass is 10.1. The number of nitrogens with zero attached hydrogens (tertiary/aromatic N) is 2. The third-order valence-electron chi connectivity index (χ3n) is 5.91. The average molecular weight is 455 g/mol. The van der Waals surface area contributed by atoms with Gasteiger partial charge in [0, 0.05) is 29.8 Å². The molecule has 0 saturated heterocycles. The first-order valence-corrected chi connectivity index (χ1v) is 12.0. The molecule has 0 fully saturated rings. The molecule has 33 heavy (non-hydrogen) atoms. The SMILES string of the molecule is CCCCCOc1ccc2c(c1OCCCCC)CN(CCc1ccc([N+](=O)[O-])cc1)C2=O. The van der Waals surface area contributed by atoms with Crippen molar-refractivity contribution in [1.82, 2.24) is 4.90 Å². The third kappa shape index (κ3) is 6.46. The van der Waals surface area contributed by atoms with E-state index in [0.717, 1.165) is 49.7 Å². The highest BCUT2D eigenvalue weighted by atomic mass is 16.6. The number of amides is 1. The molecule has 0 N–H and O–H groups in total. The molecule has 2 aromatic carbocycles. The van der Waals surface area contributed by atoms with Crippen molar-refractivity contribution in [2.24, 2.45) is 0 Å². The summed E-state index contributed by atoms with van der Waals surface area (Å²) in [6.07, 6.45) is 7.05. The molecule has 178 valence electrons. The first-order valence-electron chi connectivity index (χ1n) is 12.0. The predicted octanol–water partition coefficient (Wildman–Crippen LogP) is 5.93. The fourth-order valence-electron chi connectivity index (χ4n) is 3.96. The van der Waals surface area contributed by atoms with E-state index < -0.39 is 4.92 Å². The molecule has 2 aromatic rings. The summed E-state index contributed by atoms with van der Waals surface area (Å²) in [5.74, 6) is 1.40. The molecule has 1 aliphatic rings. The third-order valence-corrected chi connectivity index (χ3v) is 5.91. The van der Waals surface area contributed by atoms with Crippen LogP contribution in [0, 0.1) is 10.1 Å². The van der Waals surface area contributed by atoms with E-state index in [1.807, 2.05) is 17.0 Å². The van der Waals surface area contributed by atoms with Gasteiger partial charge < -0.3 is 14.4 Å². The number of nitro benzene ring substituents is 1. The maximum atomic E-state index is 13.0. The second-order valence-corrected chi connectivity index (χ2v) is 8.43. The normalized spacial score (nSPS) is 12.7. The molecule has 7 nitrogen and oxygen atoms in total. The Morgan fingerprint density at radius 2 is 1.61 bits per heavy atom. The number of fused-ring (bicyclic) bond motifs is 1. The summed E-state index contributed by atoms with van der Waals surface area (Å²) in [6, 6.07) is 10.2. The lowest BCUT2D eigenvalue weighted by Gasteiger charge is -2.17. The van der Waals surface area contributed by atoms with Crippen molar-refractivity contribution >= 4 is 11.6 Å². The largest absolute Gasteiger partial charge is 0.490 e. The Hall–Kier alpha value is -3.09. The van der Waals surface area contributed by atoms with Crippen LogP contribution in [0.2, 0.25) is 0 Å². The van der Waals surface area contributed by atoms with E-state index in [1.54, 1.807) is 12.1 Å². The van der Waals surface area contributed by atoms with Gasteiger partial charge in [0.1, 0.15) is 0 Å². The highest BCUT2D eigenvalue weighted by Crippen LogP contribution is 2.39. The topological polar surface area (TPSA) is 81.9 Å². The standard InChI is InChI=1S/C26H34N2O5/c1-3-5-7-17-32-24-14-13-22-23(25(24)33-18-8-6-4-2)19-27(26(22)29)16-15-20-9-11-21(12-10-20)28(30)31/h9-14H,3-8,15-19H2,1-2H3. The molecule has 0 saturated carbocycles. The molecule has 0 spiro atoms. The quantitative estimate of drug-likeness (QED) is 0.201. The Morgan fingerprint density at radius 3 is 2.24 bits per heavy atom. The van der Waals surface area contributed by atoms with E-state index in [4.69, 9.17) is 9.47 Å². The smallest absolute Gasteiger partial charge is 0.269 e. The molecule has 0 radical (unpaired) electrons. The summed E-state index contributed by atoms with van der Waals surface area (Å²) in [4.78, 5) is 25.3. The maximum absolute atomic E-state index is 13.0. The Balaban J connectivity index is 1.70. The molecule has 0 aliphatic carbocycles. The van der Waals surface area contributed by atoms with Gasteiger partial charge in [0.15, 0.2) is 11.5 Å². The van der Waals surface area contributed by atoms with E-state index in [-0.39, 0.29) is 11.6 Å². The highest BCUT2D eigenvalue weighted by Gasteiger charge is 2.31. The van der Waals surface area contributed by atoms with E-state index in [2.05, 4.69) is 13.8 Å². The van der Waals surface area contributed by atoms with Crippen molar-refractivity contribution in [3.8, 4) is 11.5 Å². The molecule has 7 heteroatoms. The van der Waals surface area contributed by atoms with Crippen LogP contribution in [0.5, 0.6) is 11.5 Å². The van der Waals surface area contributed by atoms with Crippen LogP contribution in [-0.2, 0) is 13.0 Å². The maximum Gasteiger partial charge on any atom is 0.269 e. The number of hydrogen-bond donors (Lipinski definition) is 0. The lowest BCUT2D eigenvalue weighted by Crippen LogP contribution is -2.26. The Morgan fingerprint density at radius 1 is 0.939 bits per heavy atom. The molecule has 0 bridgehead atoms. The van der Waals surface area contributed by atoms with Crippen LogP contribution in [0.4, 0.5) is 5.69 Å². The predicted molar refractivity (Wildman–Crippen MR) is 128 cm³/mol. The minimum absolute atomic E-state index is 0.0112. The molecule has 0 unspecified atom stereocenters. The van der Waals surface area contributed by atoms with E-state index in [0.29, 0.717) is 49.8 Å². The van der Waals surface area contributed by atoms with Gasteiger partial charge >= 0.3 is 0 Å². The van der Waals surface area contributed by atoms with Gasteiger partial charge in [-0.3, -0.25) is 14.9 Å². The van der Waals surface area contributed by atoms with Gasteiger partial charge in [-0.15, -0.1) is 0 Å². The van der Waals surface area contributed by atoms with E-state index in [9.17, 15) is 14.9 Å². The monoisotopic (exact) mass is 454 g/mol. The van der Waals surface area contributed by atoms with Crippen molar-refractivity contribution in [2.75, 3.05) is 19.8 Å². The number of non-ortho nitro benzene ring substituents is 1. The number of carbonyl (C=O) groups excluding carboxylic acids is 1. The minimum atomic E-state index is -0.408. The van der Waals surface area contributed by atoms with Crippen LogP contribution in [0.3, 0.4) is 0 Å². The second kappa shape index (κ2) is 12.2. The molecule has 1 amide bonds. The fraction of sp³-hybridized carbons (Fsp3) is 0.500. The van der Waals surface area contributed by atoms with Gasteiger partial charge in [0.2, 0.25) is 0 Å². The van der Waals surface area contributed by atoms with Crippen molar-refractivity contribution in [2.45, 2.75) is 65.3 Å². The number of rotatable bonds is 14. The Labute approximate surface area is 195 Å².